The Hall–Kier alpha value is -3.59. The van der Waals surface area contributed by atoms with Crippen molar-refractivity contribution in [1.82, 2.24) is 5.32 Å². The van der Waals surface area contributed by atoms with E-state index in [1.165, 1.54) is 24.3 Å². The molecule has 122 valence electrons. The highest BCUT2D eigenvalue weighted by molar-refractivity contribution is 5.56. The Kier molecular flexibility index (Phi) is 5.32. The van der Waals surface area contributed by atoms with E-state index in [1.807, 2.05) is 6.07 Å². The third-order valence-electron chi connectivity index (χ3n) is 3.19. The van der Waals surface area contributed by atoms with E-state index in [2.05, 4.69) is 5.32 Å². The van der Waals surface area contributed by atoms with Gasteiger partial charge in [0, 0.05) is 6.54 Å². The first-order valence-electron chi connectivity index (χ1n) is 7.05. The third kappa shape index (κ3) is 4.45. The molecule has 0 saturated carbocycles. The van der Waals surface area contributed by atoms with Crippen molar-refractivity contribution in [2.45, 2.75) is 6.54 Å². The molecular weight excluding hydrogens is 308 g/mol. The quantitative estimate of drug-likeness (QED) is 0.328. The van der Waals surface area contributed by atoms with E-state index in [0.29, 0.717) is 23.4 Å². The number of nitriles is 1. The fourth-order valence-corrected chi connectivity index (χ4v) is 1.91. The maximum Gasteiger partial charge on any atom is 0.157 e. The SMILES string of the molecule is N#C/C(=C\C=C\c1ccc(O)c(O)c1)NCc1ccc(O)c(O)c1. The lowest BCUT2D eigenvalue weighted by Gasteiger charge is -2.05. The average molecular weight is 324 g/mol. The molecule has 0 saturated heterocycles. The van der Waals surface area contributed by atoms with Gasteiger partial charge in [0.15, 0.2) is 23.0 Å². The number of aromatic hydroxyl groups is 4. The molecule has 0 aliphatic rings. The van der Waals surface area contributed by atoms with Crippen LogP contribution in [-0.2, 0) is 6.54 Å². The molecular formula is C18H16N2O4. The summed E-state index contributed by atoms with van der Waals surface area (Å²) in [5.74, 6) is -0.829. The molecule has 0 bridgehead atoms. The minimum absolute atomic E-state index is 0.195. The van der Waals surface area contributed by atoms with Gasteiger partial charge in [-0.25, -0.2) is 0 Å². The van der Waals surface area contributed by atoms with Crippen molar-refractivity contribution < 1.29 is 20.4 Å². The highest BCUT2D eigenvalue weighted by Crippen LogP contribution is 2.26. The Morgan fingerprint density at radius 2 is 1.62 bits per heavy atom. The molecule has 0 heterocycles. The monoisotopic (exact) mass is 324 g/mol. The van der Waals surface area contributed by atoms with E-state index in [1.54, 1.807) is 30.4 Å². The van der Waals surface area contributed by atoms with Crippen LogP contribution in [-0.4, -0.2) is 20.4 Å². The van der Waals surface area contributed by atoms with Gasteiger partial charge in [0.1, 0.15) is 11.8 Å². The number of nitrogens with zero attached hydrogens (tertiary/aromatic N) is 1. The summed E-state index contributed by atoms with van der Waals surface area (Å²) < 4.78 is 0. The summed E-state index contributed by atoms with van der Waals surface area (Å²) in [6, 6.07) is 10.8. The van der Waals surface area contributed by atoms with Crippen LogP contribution >= 0.6 is 0 Å². The van der Waals surface area contributed by atoms with Crippen molar-refractivity contribution in [3.8, 4) is 29.1 Å². The molecule has 2 rings (SSSR count). The van der Waals surface area contributed by atoms with Gasteiger partial charge in [-0.3, -0.25) is 0 Å². The minimum atomic E-state index is -0.219. The summed E-state index contributed by atoms with van der Waals surface area (Å²) in [5, 5.41) is 49.3. The summed E-state index contributed by atoms with van der Waals surface area (Å²) in [7, 11) is 0. The standard InChI is InChI=1S/C18H16N2O4/c19-10-14(20-11-13-5-7-16(22)18(24)9-13)3-1-2-12-4-6-15(21)17(23)8-12/h1-9,20-24H,11H2/b2-1+,14-3+. The van der Waals surface area contributed by atoms with Crippen LogP contribution in [0, 0.1) is 11.3 Å². The van der Waals surface area contributed by atoms with E-state index in [-0.39, 0.29) is 23.0 Å². The van der Waals surface area contributed by atoms with Crippen LogP contribution in [0.5, 0.6) is 23.0 Å². The minimum Gasteiger partial charge on any atom is -0.504 e. The number of benzene rings is 2. The molecule has 6 nitrogen and oxygen atoms in total. The number of allylic oxidation sites excluding steroid dienone is 3. The average Bonchev–Trinajstić information content (AvgIpc) is 2.57. The van der Waals surface area contributed by atoms with Crippen LogP contribution in [0.2, 0.25) is 0 Å². The first-order chi connectivity index (χ1) is 11.5. The van der Waals surface area contributed by atoms with Crippen molar-refractivity contribution in [2.75, 3.05) is 0 Å². The van der Waals surface area contributed by atoms with Gasteiger partial charge in [0.2, 0.25) is 0 Å². The number of hydrogen-bond acceptors (Lipinski definition) is 6. The first-order valence-corrected chi connectivity index (χ1v) is 7.05. The Balaban J connectivity index is 2.01. The number of phenols is 4. The number of hydrogen-bond donors (Lipinski definition) is 5. The van der Waals surface area contributed by atoms with Crippen LogP contribution in [0.1, 0.15) is 11.1 Å². The highest BCUT2D eigenvalue weighted by atomic mass is 16.3. The number of nitrogens with one attached hydrogen (secondary N) is 1. The summed E-state index contributed by atoms with van der Waals surface area (Å²) >= 11 is 0. The molecule has 0 fully saturated rings. The van der Waals surface area contributed by atoms with Gasteiger partial charge in [-0.2, -0.15) is 5.26 Å². The summed E-state index contributed by atoms with van der Waals surface area (Å²) in [6.45, 7) is 0.307. The normalized spacial score (nSPS) is 11.4. The molecule has 2 aromatic carbocycles. The largest absolute Gasteiger partial charge is 0.504 e. The maximum absolute atomic E-state index is 9.43. The van der Waals surface area contributed by atoms with E-state index in [9.17, 15) is 20.4 Å². The van der Waals surface area contributed by atoms with Gasteiger partial charge in [0.05, 0.1) is 0 Å². The molecule has 0 radical (unpaired) electrons. The number of rotatable bonds is 5. The fourth-order valence-electron chi connectivity index (χ4n) is 1.91. The smallest absolute Gasteiger partial charge is 0.157 e. The zero-order chi connectivity index (χ0) is 17.5. The van der Waals surface area contributed by atoms with Crippen LogP contribution in [0.3, 0.4) is 0 Å². The Morgan fingerprint density at radius 3 is 2.25 bits per heavy atom. The van der Waals surface area contributed by atoms with Crippen molar-refractivity contribution in [3.63, 3.8) is 0 Å². The summed E-state index contributed by atoms with van der Waals surface area (Å²) in [5.41, 5.74) is 1.68. The molecule has 5 N–H and O–H groups in total. The second-order valence-electron chi connectivity index (χ2n) is 4.98. The van der Waals surface area contributed by atoms with Crippen LogP contribution in [0.4, 0.5) is 0 Å². The van der Waals surface area contributed by atoms with Crippen LogP contribution in [0.25, 0.3) is 6.08 Å². The zero-order valence-electron chi connectivity index (χ0n) is 12.6. The Morgan fingerprint density at radius 1 is 0.958 bits per heavy atom. The number of phenolic OH excluding ortho intramolecular Hbond substituents is 4. The van der Waals surface area contributed by atoms with E-state index >= 15 is 0 Å². The zero-order valence-corrected chi connectivity index (χ0v) is 12.6. The topological polar surface area (TPSA) is 117 Å². The van der Waals surface area contributed by atoms with E-state index in [0.717, 1.165) is 0 Å². The van der Waals surface area contributed by atoms with Gasteiger partial charge in [-0.15, -0.1) is 0 Å². The van der Waals surface area contributed by atoms with Gasteiger partial charge >= 0.3 is 0 Å². The molecule has 6 heteroatoms. The third-order valence-corrected chi connectivity index (χ3v) is 3.19. The second kappa shape index (κ2) is 7.61. The predicted molar refractivity (Wildman–Crippen MR) is 89.1 cm³/mol. The lowest BCUT2D eigenvalue weighted by molar-refractivity contribution is 0.403. The molecule has 0 aliphatic heterocycles. The van der Waals surface area contributed by atoms with Crippen molar-refractivity contribution in [2.24, 2.45) is 0 Å². The van der Waals surface area contributed by atoms with Crippen LogP contribution in [0.15, 0.2) is 54.2 Å². The lowest BCUT2D eigenvalue weighted by atomic mass is 10.2. The maximum atomic E-state index is 9.43. The Bertz CT molecular complexity index is 835. The summed E-state index contributed by atoms with van der Waals surface area (Å²) in [4.78, 5) is 0. The molecule has 2 aromatic rings. The van der Waals surface area contributed by atoms with E-state index < -0.39 is 0 Å². The molecule has 24 heavy (non-hydrogen) atoms. The molecule has 0 aliphatic carbocycles. The van der Waals surface area contributed by atoms with Gasteiger partial charge in [0.25, 0.3) is 0 Å². The highest BCUT2D eigenvalue weighted by Gasteiger charge is 2.01. The Labute approximate surface area is 138 Å². The second-order valence-corrected chi connectivity index (χ2v) is 4.98. The predicted octanol–water partition coefficient (Wildman–Crippen LogP) is 2.72. The van der Waals surface area contributed by atoms with Crippen molar-refractivity contribution in [3.05, 3.63) is 65.4 Å². The van der Waals surface area contributed by atoms with E-state index in [4.69, 9.17) is 5.26 Å². The van der Waals surface area contributed by atoms with Gasteiger partial charge in [-0.05, 0) is 41.5 Å². The molecule has 0 aromatic heterocycles. The summed E-state index contributed by atoms with van der Waals surface area (Å²) in [6.07, 6.45) is 4.86. The van der Waals surface area contributed by atoms with Crippen LogP contribution < -0.4 is 5.32 Å². The first kappa shape index (κ1) is 16.8. The van der Waals surface area contributed by atoms with Crippen molar-refractivity contribution >= 4 is 6.08 Å². The molecule has 0 amide bonds. The van der Waals surface area contributed by atoms with Crippen molar-refractivity contribution in [1.29, 1.82) is 5.26 Å². The van der Waals surface area contributed by atoms with Gasteiger partial charge < -0.3 is 25.7 Å². The fraction of sp³-hybridized carbons (Fsp3) is 0.0556. The van der Waals surface area contributed by atoms with Gasteiger partial charge in [-0.1, -0.05) is 24.3 Å². The molecule has 0 atom stereocenters. The molecule has 0 unspecified atom stereocenters. The lowest BCUT2D eigenvalue weighted by Crippen LogP contribution is -2.11. The molecule has 0 spiro atoms.